The van der Waals surface area contributed by atoms with Gasteiger partial charge in [-0.1, -0.05) is 19.6 Å². The molecule has 4 aromatic rings. The fraction of sp³-hybridized carbons (Fsp3) is 0.120. The summed E-state index contributed by atoms with van der Waals surface area (Å²) in [6.45, 7) is 3.82. The molecule has 40 heavy (non-hydrogen) atoms. The summed E-state index contributed by atoms with van der Waals surface area (Å²) in [6.07, 6.45) is 0. The fourth-order valence-corrected chi connectivity index (χ4v) is 6.01. The van der Waals surface area contributed by atoms with Gasteiger partial charge in [0.2, 0.25) is 5.82 Å². The van der Waals surface area contributed by atoms with Crippen LogP contribution in [0.15, 0.2) is 18.2 Å². The second-order valence-electron chi connectivity index (χ2n) is 9.41. The molecule has 0 heterocycles. The molecule has 0 N–H and O–H groups in total. The lowest BCUT2D eigenvalue weighted by atomic mass is 10.00. The molecule has 0 atom stereocenters. The monoisotopic (exact) mass is 601 g/mol. The van der Waals surface area contributed by atoms with Gasteiger partial charge in [0, 0.05) is 11.1 Å². The predicted octanol–water partition coefficient (Wildman–Crippen LogP) is 9.29. The van der Waals surface area contributed by atoms with Gasteiger partial charge >= 0.3 is 0 Å². The minimum atomic E-state index is -3.53. The highest BCUT2D eigenvalue weighted by molar-refractivity contribution is 6.81. The molecule has 0 aliphatic carbocycles. The van der Waals surface area contributed by atoms with Crippen molar-refractivity contribution in [3.63, 3.8) is 0 Å². The first-order valence-corrected chi connectivity index (χ1v) is 14.3. The Kier molecular flexibility index (Phi) is 7.10. The average molecular weight is 601 g/mol. The Bertz CT molecular complexity index is 1700. The summed E-state index contributed by atoms with van der Waals surface area (Å²) in [5, 5.41) is -2.05. The third-order valence-electron chi connectivity index (χ3n) is 5.90. The van der Waals surface area contributed by atoms with Crippen molar-refractivity contribution in [3.8, 4) is 11.1 Å². The molecule has 0 spiro atoms. The Balaban J connectivity index is 2.21. The SMILES string of the molecule is C[Si](C)(C)N(c1c(F)c(F)c(F)c(-c2c(F)c(F)c(F)c(F)c2F)c1F)c1ccc(F)c2c(F)c(F)c(F)cc12. The number of benzene rings is 4. The highest BCUT2D eigenvalue weighted by Gasteiger charge is 2.39. The predicted molar refractivity (Wildman–Crippen MR) is 121 cm³/mol. The summed E-state index contributed by atoms with van der Waals surface area (Å²) in [5.74, 6) is -31.1. The van der Waals surface area contributed by atoms with E-state index >= 15 is 8.78 Å². The van der Waals surface area contributed by atoms with Crippen LogP contribution >= 0.6 is 0 Å². The molecule has 4 rings (SSSR count). The lowest BCUT2D eigenvalue weighted by molar-refractivity contribution is 0.379. The van der Waals surface area contributed by atoms with Crippen LogP contribution in [-0.4, -0.2) is 8.24 Å². The third-order valence-corrected chi connectivity index (χ3v) is 7.71. The van der Waals surface area contributed by atoms with Crippen molar-refractivity contribution < 1.29 is 57.1 Å². The van der Waals surface area contributed by atoms with Gasteiger partial charge in [0.05, 0.1) is 16.5 Å². The van der Waals surface area contributed by atoms with E-state index in [2.05, 4.69) is 0 Å². The topological polar surface area (TPSA) is 3.24 Å². The normalized spacial score (nSPS) is 12.0. The summed E-state index contributed by atoms with van der Waals surface area (Å²) in [6, 6.07) is 1.43. The molecule has 0 aliphatic heterocycles. The Morgan fingerprint density at radius 1 is 0.475 bits per heavy atom. The number of anilines is 2. The Hall–Kier alpha value is -3.75. The van der Waals surface area contributed by atoms with Gasteiger partial charge in [0.1, 0.15) is 11.5 Å². The highest BCUT2D eigenvalue weighted by atomic mass is 28.3. The molecule has 0 aromatic heterocycles. The average Bonchev–Trinajstić information content (AvgIpc) is 2.88. The van der Waals surface area contributed by atoms with Gasteiger partial charge in [0.15, 0.2) is 72.2 Å². The van der Waals surface area contributed by atoms with E-state index in [0.29, 0.717) is 16.7 Å². The number of fused-ring (bicyclic) bond motifs is 1. The standard InChI is InChI=1S/C25H12F13NSi/c1-40(2,3)39(10-5-4-8(26)11-7(10)6-9(27)14(28)15(11)29)25-19(33)13(18(32)22(36)24(25)38)12-16(30)20(34)23(37)21(35)17(12)31/h4-6H,1-3H3. The summed E-state index contributed by atoms with van der Waals surface area (Å²) in [7, 11) is -3.53. The number of nitrogens with zero attached hydrogens (tertiary/aromatic N) is 1. The van der Waals surface area contributed by atoms with E-state index in [0.717, 1.165) is 0 Å². The molecular weight excluding hydrogens is 589 g/mol. The zero-order chi connectivity index (χ0) is 30.2. The number of rotatable bonds is 4. The Labute approximate surface area is 217 Å². The van der Waals surface area contributed by atoms with Crippen LogP contribution in [0.25, 0.3) is 21.9 Å². The smallest absolute Gasteiger partial charge is 0.200 e. The summed E-state index contributed by atoms with van der Waals surface area (Å²) in [5.41, 5.74) is -6.83. The minimum absolute atomic E-state index is 0.250. The van der Waals surface area contributed by atoms with Gasteiger partial charge in [-0.05, 0) is 18.2 Å². The molecule has 212 valence electrons. The Morgan fingerprint density at radius 3 is 1.43 bits per heavy atom. The molecule has 0 saturated heterocycles. The van der Waals surface area contributed by atoms with Crippen LogP contribution < -0.4 is 4.57 Å². The van der Waals surface area contributed by atoms with Crippen molar-refractivity contribution >= 4 is 30.4 Å². The second-order valence-corrected chi connectivity index (χ2v) is 14.2. The van der Waals surface area contributed by atoms with Crippen LogP contribution in [0.4, 0.5) is 68.5 Å². The number of halogens is 13. The Morgan fingerprint density at radius 2 is 0.925 bits per heavy atom. The molecule has 0 amide bonds. The van der Waals surface area contributed by atoms with Crippen LogP contribution in [0.1, 0.15) is 0 Å². The lowest BCUT2D eigenvalue weighted by Gasteiger charge is -2.38. The second kappa shape index (κ2) is 9.71. The first kappa shape index (κ1) is 29.2. The summed E-state index contributed by atoms with van der Waals surface area (Å²) < 4.78 is 189. The van der Waals surface area contributed by atoms with E-state index in [1.54, 1.807) is 0 Å². The first-order chi connectivity index (χ1) is 18.4. The van der Waals surface area contributed by atoms with Crippen molar-refractivity contribution in [2.75, 3.05) is 4.57 Å². The molecule has 0 fully saturated rings. The zero-order valence-corrected chi connectivity index (χ0v) is 21.1. The maximum absolute atomic E-state index is 15.9. The van der Waals surface area contributed by atoms with Gasteiger partial charge in [-0.3, -0.25) is 0 Å². The van der Waals surface area contributed by atoms with Crippen LogP contribution in [0.5, 0.6) is 0 Å². The zero-order valence-electron chi connectivity index (χ0n) is 20.1. The summed E-state index contributed by atoms with van der Waals surface area (Å²) >= 11 is 0. The maximum Gasteiger partial charge on any atom is 0.200 e. The van der Waals surface area contributed by atoms with E-state index < -0.39 is 117 Å². The van der Waals surface area contributed by atoms with Gasteiger partial charge in [0.25, 0.3) is 0 Å². The summed E-state index contributed by atoms with van der Waals surface area (Å²) in [4.78, 5) is 0. The minimum Gasteiger partial charge on any atom is -0.364 e. The van der Waals surface area contributed by atoms with Crippen LogP contribution in [-0.2, 0) is 0 Å². The molecule has 4 aromatic carbocycles. The van der Waals surface area contributed by atoms with Crippen molar-refractivity contribution in [1.82, 2.24) is 0 Å². The highest BCUT2D eigenvalue weighted by Crippen LogP contribution is 2.46. The van der Waals surface area contributed by atoms with Crippen LogP contribution in [0.2, 0.25) is 19.6 Å². The third kappa shape index (κ3) is 4.17. The fourth-order valence-electron chi connectivity index (χ4n) is 4.23. The number of hydrogen-bond donors (Lipinski definition) is 0. The van der Waals surface area contributed by atoms with Crippen molar-refractivity contribution in [2.45, 2.75) is 19.6 Å². The molecular formula is C25H12F13NSi. The van der Waals surface area contributed by atoms with Crippen molar-refractivity contribution in [1.29, 1.82) is 0 Å². The van der Waals surface area contributed by atoms with Crippen molar-refractivity contribution in [3.05, 3.63) is 93.8 Å². The van der Waals surface area contributed by atoms with E-state index in [9.17, 15) is 48.3 Å². The van der Waals surface area contributed by atoms with E-state index in [-0.39, 0.29) is 6.07 Å². The molecule has 0 radical (unpaired) electrons. The van der Waals surface area contributed by atoms with E-state index in [1.807, 2.05) is 0 Å². The van der Waals surface area contributed by atoms with Gasteiger partial charge in [-0.15, -0.1) is 0 Å². The first-order valence-electron chi connectivity index (χ1n) is 10.9. The molecule has 15 heteroatoms. The molecule has 0 bridgehead atoms. The number of hydrogen-bond acceptors (Lipinski definition) is 1. The molecule has 1 nitrogen and oxygen atoms in total. The van der Waals surface area contributed by atoms with Crippen molar-refractivity contribution in [2.24, 2.45) is 0 Å². The van der Waals surface area contributed by atoms with Gasteiger partial charge in [-0.25, -0.2) is 57.1 Å². The lowest BCUT2D eigenvalue weighted by Crippen LogP contribution is -2.44. The maximum atomic E-state index is 15.9. The van der Waals surface area contributed by atoms with E-state index in [4.69, 9.17) is 0 Å². The molecule has 0 aliphatic rings. The largest absolute Gasteiger partial charge is 0.364 e. The van der Waals surface area contributed by atoms with Crippen LogP contribution in [0.3, 0.4) is 0 Å². The van der Waals surface area contributed by atoms with Gasteiger partial charge in [-0.2, -0.15) is 0 Å². The van der Waals surface area contributed by atoms with Gasteiger partial charge < -0.3 is 4.57 Å². The quantitative estimate of drug-likeness (QED) is 0.0976. The molecule has 0 unspecified atom stereocenters. The molecule has 0 saturated carbocycles. The van der Waals surface area contributed by atoms with Crippen LogP contribution in [0, 0.1) is 75.6 Å². The van der Waals surface area contributed by atoms with E-state index in [1.165, 1.54) is 19.6 Å².